The molecule has 0 aliphatic carbocycles. The Morgan fingerprint density at radius 1 is 1.42 bits per heavy atom. The van der Waals surface area contributed by atoms with Gasteiger partial charge in [-0.05, 0) is 36.3 Å². The zero-order valence-corrected chi connectivity index (χ0v) is 15.4. The molecule has 3 heterocycles. The molecule has 0 spiro atoms. The quantitative estimate of drug-likeness (QED) is 0.828. The second-order valence-electron chi connectivity index (χ2n) is 7.34. The largest absolute Gasteiger partial charge is 0.466 e. The van der Waals surface area contributed by atoms with Gasteiger partial charge in [-0.3, -0.25) is 0 Å². The van der Waals surface area contributed by atoms with Gasteiger partial charge in [0.25, 0.3) is 0 Å². The third kappa shape index (κ3) is 2.62. The maximum atomic E-state index is 12.4. The summed E-state index contributed by atoms with van der Waals surface area (Å²) in [6.07, 6.45) is 4.60. The van der Waals surface area contributed by atoms with Crippen LogP contribution in [0.15, 0.2) is 36.0 Å². The Hall–Kier alpha value is -2.27. The van der Waals surface area contributed by atoms with Crippen molar-refractivity contribution in [2.75, 3.05) is 20.3 Å². The molecule has 1 aromatic heterocycles. The fraction of sp³-hybridized carbons (Fsp3) is 0.476. The van der Waals surface area contributed by atoms with Gasteiger partial charge in [-0.25, -0.2) is 4.79 Å². The lowest BCUT2D eigenvalue weighted by Gasteiger charge is -2.43. The Morgan fingerprint density at radius 2 is 2.23 bits per heavy atom. The van der Waals surface area contributed by atoms with E-state index < -0.39 is 0 Å². The summed E-state index contributed by atoms with van der Waals surface area (Å²) in [7, 11) is 1.43. The number of nitrogens with one attached hydrogen (secondary N) is 1. The number of aliphatic hydroxyl groups excluding tert-OH is 1. The number of hydrogen-bond donors (Lipinski definition) is 2. The maximum absolute atomic E-state index is 12.4. The van der Waals surface area contributed by atoms with Crippen molar-refractivity contribution in [1.82, 2.24) is 9.88 Å². The topological polar surface area (TPSA) is 65.6 Å². The minimum Gasteiger partial charge on any atom is -0.466 e. The van der Waals surface area contributed by atoms with Crippen molar-refractivity contribution >= 4 is 16.9 Å². The van der Waals surface area contributed by atoms with Gasteiger partial charge >= 0.3 is 5.97 Å². The number of H-pyrrole nitrogens is 1. The number of para-hydroxylation sites is 1. The number of benzene rings is 1. The molecular formula is C21H26N2O3. The number of carbonyl (C=O) groups excluding carboxylic acids is 1. The van der Waals surface area contributed by atoms with E-state index in [9.17, 15) is 9.90 Å². The van der Waals surface area contributed by atoms with Crippen molar-refractivity contribution in [2.24, 2.45) is 11.8 Å². The number of aliphatic hydroxyl groups is 1. The number of aromatic amines is 1. The van der Waals surface area contributed by atoms with Crippen LogP contribution in [-0.2, 0) is 16.0 Å². The number of nitrogens with zero attached hydrogens (tertiary/aromatic N) is 1. The zero-order chi connectivity index (χ0) is 18.3. The molecular weight excluding hydrogens is 328 g/mol. The maximum Gasteiger partial charge on any atom is 0.335 e. The molecule has 2 aliphatic rings. The molecule has 0 amide bonds. The molecule has 0 radical (unpaired) electrons. The van der Waals surface area contributed by atoms with Crippen LogP contribution in [-0.4, -0.2) is 41.2 Å². The van der Waals surface area contributed by atoms with Crippen LogP contribution in [0, 0.1) is 11.8 Å². The normalized spacial score (nSPS) is 23.2. The van der Waals surface area contributed by atoms with E-state index in [1.165, 1.54) is 29.3 Å². The number of ether oxygens (including phenoxy) is 1. The average Bonchev–Trinajstić information content (AvgIpc) is 3.07. The summed E-state index contributed by atoms with van der Waals surface area (Å²) in [5.74, 6) is -0.198. The fourth-order valence-electron chi connectivity index (χ4n) is 4.70. The van der Waals surface area contributed by atoms with E-state index in [0.29, 0.717) is 5.57 Å². The summed E-state index contributed by atoms with van der Waals surface area (Å²) in [5, 5.41) is 11.2. The standard InChI is InChI=1S/C21H26N2O3/c1-3-13(12-24)16-10-19-20-15(14-6-4-5-7-18(14)22-20)8-9-23(19)11-17(16)21(25)26-2/h4-7,11,13,16,19,22,24H,3,8-10,12H2,1-2H3. The van der Waals surface area contributed by atoms with E-state index in [1.54, 1.807) is 0 Å². The van der Waals surface area contributed by atoms with Gasteiger partial charge in [0, 0.05) is 35.9 Å². The van der Waals surface area contributed by atoms with Gasteiger partial charge < -0.3 is 19.7 Å². The van der Waals surface area contributed by atoms with Crippen LogP contribution in [0.2, 0.25) is 0 Å². The first-order chi connectivity index (χ1) is 12.7. The van der Waals surface area contributed by atoms with Gasteiger partial charge in [-0.2, -0.15) is 0 Å². The molecule has 4 rings (SSSR count). The number of methoxy groups -OCH3 is 1. The summed E-state index contributed by atoms with van der Waals surface area (Å²) >= 11 is 0. The highest BCUT2D eigenvalue weighted by Gasteiger charge is 2.40. The predicted octanol–water partition coefficient (Wildman–Crippen LogP) is 3.16. The molecule has 0 saturated carbocycles. The highest BCUT2D eigenvalue weighted by atomic mass is 16.5. The minimum atomic E-state index is -0.275. The van der Waals surface area contributed by atoms with Gasteiger partial charge in [0.2, 0.25) is 0 Å². The average molecular weight is 354 g/mol. The number of rotatable bonds is 4. The van der Waals surface area contributed by atoms with Crippen LogP contribution < -0.4 is 0 Å². The molecule has 138 valence electrons. The van der Waals surface area contributed by atoms with Crippen molar-refractivity contribution in [2.45, 2.75) is 32.2 Å². The first-order valence-corrected chi connectivity index (χ1v) is 9.44. The third-order valence-electron chi connectivity index (χ3n) is 6.13. The number of fused-ring (bicyclic) bond motifs is 5. The van der Waals surface area contributed by atoms with Gasteiger partial charge in [-0.1, -0.05) is 31.5 Å². The Kier molecular flexibility index (Phi) is 4.49. The lowest BCUT2D eigenvalue weighted by molar-refractivity contribution is -0.137. The minimum absolute atomic E-state index is 0.0102. The highest BCUT2D eigenvalue weighted by molar-refractivity contribution is 5.89. The van der Waals surface area contributed by atoms with Crippen molar-refractivity contribution in [3.8, 4) is 0 Å². The molecule has 0 fully saturated rings. The van der Waals surface area contributed by atoms with Crippen LogP contribution in [0.3, 0.4) is 0 Å². The highest BCUT2D eigenvalue weighted by Crippen LogP contribution is 2.45. The number of carbonyl (C=O) groups is 1. The van der Waals surface area contributed by atoms with Crippen molar-refractivity contribution in [3.05, 3.63) is 47.3 Å². The molecule has 26 heavy (non-hydrogen) atoms. The van der Waals surface area contributed by atoms with E-state index in [-0.39, 0.29) is 30.5 Å². The first-order valence-electron chi connectivity index (χ1n) is 9.44. The first kappa shape index (κ1) is 17.2. The number of aromatic nitrogens is 1. The van der Waals surface area contributed by atoms with E-state index >= 15 is 0 Å². The van der Waals surface area contributed by atoms with Crippen LogP contribution in [0.4, 0.5) is 0 Å². The lowest BCUT2D eigenvalue weighted by atomic mass is 9.76. The van der Waals surface area contributed by atoms with Crippen LogP contribution in [0.5, 0.6) is 0 Å². The zero-order valence-electron chi connectivity index (χ0n) is 15.4. The van der Waals surface area contributed by atoms with Gasteiger partial charge in [0.05, 0.1) is 18.7 Å². The molecule has 0 bridgehead atoms. The molecule has 3 atom stereocenters. The summed E-state index contributed by atoms with van der Waals surface area (Å²) in [4.78, 5) is 18.3. The van der Waals surface area contributed by atoms with Gasteiger partial charge in [0.1, 0.15) is 0 Å². The molecule has 3 unspecified atom stereocenters. The molecule has 2 N–H and O–H groups in total. The summed E-state index contributed by atoms with van der Waals surface area (Å²) in [6.45, 7) is 3.04. The van der Waals surface area contributed by atoms with E-state index in [2.05, 4.69) is 41.1 Å². The Balaban J connectivity index is 1.78. The van der Waals surface area contributed by atoms with Crippen molar-refractivity contribution in [3.63, 3.8) is 0 Å². The smallest absolute Gasteiger partial charge is 0.335 e. The third-order valence-corrected chi connectivity index (χ3v) is 6.13. The Labute approximate surface area is 153 Å². The monoisotopic (exact) mass is 354 g/mol. The Morgan fingerprint density at radius 3 is 2.96 bits per heavy atom. The van der Waals surface area contributed by atoms with Crippen LogP contribution in [0.1, 0.15) is 37.1 Å². The van der Waals surface area contributed by atoms with E-state index in [1.807, 2.05) is 6.20 Å². The molecule has 0 saturated heterocycles. The summed E-state index contributed by atoms with van der Waals surface area (Å²) in [6, 6.07) is 8.65. The molecule has 5 heteroatoms. The number of esters is 1. The lowest BCUT2D eigenvalue weighted by Crippen LogP contribution is -2.40. The number of hydrogen-bond acceptors (Lipinski definition) is 4. The molecule has 2 aromatic rings. The molecule has 1 aromatic carbocycles. The van der Waals surface area contributed by atoms with E-state index in [4.69, 9.17) is 4.74 Å². The van der Waals surface area contributed by atoms with Crippen molar-refractivity contribution in [1.29, 1.82) is 0 Å². The summed E-state index contributed by atoms with van der Waals surface area (Å²) < 4.78 is 5.03. The fourth-order valence-corrected chi connectivity index (χ4v) is 4.70. The van der Waals surface area contributed by atoms with Gasteiger partial charge in [0.15, 0.2) is 0 Å². The molecule has 2 aliphatic heterocycles. The summed E-state index contributed by atoms with van der Waals surface area (Å²) in [5.41, 5.74) is 4.53. The van der Waals surface area contributed by atoms with Crippen LogP contribution >= 0.6 is 0 Å². The second-order valence-corrected chi connectivity index (χ2v) is 7.34. The predicted molar refractivity (Wildman–Crippen MR) is 101 cm³/mol. The van der Waals surface area contributed by atoms with Crippen LogP contribution in [0.25, 0.3) is 10.9 Å². The van der Waals surface area contributed by atoms with E-state index in [0.717, 1.165) is 25.8 Å². The second kappa shape index (κ2) is 6.80. The SMILES string of the molecule is CCC(CO)C1CC2c3[nH]c4ccccc4c3CCN2C=C1C(=O)OC. The van der Waals surface area contributed by atoms with Crippen molar-refractivity contribution < 1.29 is 14.6 Å². The van der Waals surface area contributed by atoms with Gasteiger partial charge in [-0.15, -0.1) is 0 Å². The Bertz CT molecular complexity index is 850. The molecule has 5 nitrogen and oxygen atoms in total.